The van der Waals surface area contributed by atoms with Crippen LogP contribution in [0.2, 0.25) is 5.15 Å². The monoisotopic (exact) mass is 242 g/mol. The number of hydrogen-bond acceptors (Lipinski definition) is 3. The van der Waals surface area contributed by atoms with Crippen LogP contribution in [0.25, 0.3) is 0 Å². The van der Waals surface area contributed by atoms with E-state index >= 15 is 0 Å². The molecule has 0 saturated heterocycles. The second-order valence-corrected chi connectivity index (χ2v) is 4.01. The molecule has 0 saturated carbocycles. The predicted octanol–water partition coefficient (Wildman–Crippen LogP) is 3.49. The third-order valence-electron chi connectivity index (χ3n) is 2.57. The maximum atomic E-state index is 6.09. The Bertz CT molecular complexity index is 355. The van der Waals surface area contributed by atoms with Crippen LogP contribution in [0.3, 0.4) is 0 Å². The van der Waals surface area contributed by atoms with Gasteiger partial charge in [-0.25, -0.2) is 9.97 Å². The molecule has 3 nitrogen and oxygen atoms in total. The number of halogens is 1. The minimum Gasteiger partial charge on any atom is -0.371 e. The lowest BCUT2D eigenvalue weighted by Gasteiger charge is -2.15. The number of aromatic nitrogens is 2. The average Bonchev–Trinajstić information content (AvgIpc) is 2.29. The Morgan fingerprint density at radius 1 is 1.25 bits per heavy atom. The van der Waals surface area contributed by atoms with E-state index in [0.717, 1.165) is 24.1 Å². The molecule has 0 aromatic carbocycles. The Balaban J connectivity index is 3.08. The minimum atomic E-state index is -0.0478. The largest absolute Gasteiger partial charge is 0.371 e. The Morgan fingerprint density at radius 3 is 2.44 bits per heavy atom. The van der Waals surface area contributed by atoms with Gasteiger partial charge in [-0.05, 0) is 26.7 Å². The molecule has 1 unspecified atom stereocenters. The van der Waals surface area contributed by atoms with E-state index in [4.69, 9.17) is 16.3 Å². The van der Waals surface area contributed by atoms with Crippen molar-refractivity contribution in [3.05, 3.63) is 22.2 Å². The first-order valence-corrected chi connectivity index (χ1v) is 6.16. The van der Waals surface area contributed by atoms with E-state index in [9.17, 15) is 0 Å². The van der Waals surface area contributed by atoms with E-state index in [1.54, 1.807) is 0 Å². The number of nitrogens with zero attached hydrogens (tertiary/aromatic N) is 2. The molecule has 1 aromatic heterocycles. The fourth-order valence-electron chi connectivity index (χ4n) is 1.61. The highest BCUT2D eigenvalue weighted by molar-refractivity contribution is 6.30. The zero-order valence-electron chi connectivity index (χ0n) is 10.4. The normalized spacial score (nSPS) is 12.8. The Hall–Kier alpha value is -0.670. The van der Waals surface area contributed by atoms with Crippen LogP contribution < -0.4 is 0 Å². The third kappa shape index (κ3) is 2.92. The maximum Gasteiger partial charge on any atom is 0.159 e. The summed E-state index contributed by atoms with van der Waals surface area (Å²) in [6.07, 6.45) is 1.67. The van der Waals surface area contributed by atoms with Gasteiger partial charge in [0.2, 0.25) is 0 Å². The van der Waals surface area contributed by atoms with Crippen molar-refractivity contribution in [1.29, 1.82) is 0 Å². The molecule has 1 rings (SSSR count). The van der Waals surface area contributed by atoms with Crippen LogP contribution in [0.1, 0.15) is 50.4 Å². The topological polar surface area (TPSA) is 35.0 Å². The third-order valence-corrected chi connectivity index (χ3v) is 2.93. The van der Waals surface area contributed by atoms with Gasteiger partial charge in [-0.3, -0.25) is 0 Å². The van der Waals surface area contributed by atoms with Crippen LogP contribution in [0.15, 0.2) is 0 Å². The van der Waals surface area contributed by atoms with Crippen molar-refractivity contribution in [2.45, 2.75) is 46.6 Å². The second kappa shape index (κ2) is 6.16. The van der Waals surface area contributed by atoms with Crippen LogP contribution in [-0.4, -0.2) is 16.6 Å². The first-order chi connectivity index (χ1) is 7.63. The van der Waals surface area contributed by atoms with E-state index in [-0.39, 0.29) is 6.10 Å². The van der Waals surface area contributed by atoms with Crippen LogP contribution in [-0.2, 0) is 11.2 Å². The highest BCUT2D eigenvalue weighted by Gasteiger charge is 2.16. The lowest BCUT2D eigenvalue weighted by atomic mass is 10.2. The molecule has 16 heavy (non-hydrogen) atoms. The van der Waals surface area contributed by atoms with Gasteiger partial charge < -0.3 is 4.74 Å². The van der Waals surface area contributed by atoms with E-state index in [0.29, 0.717) is 17.6 Å². The van der Waals surface area contributed by atoms with Crippen molar-refractivity contribution in [2.24, 2.45) is 0 Å². The Labute approximate surface area is 102 Å². The highest BCUT2D eigenvalue weighted by atomic mass is 35.5. The molecule has 0 aliphatic rings. The molecule has 0 aliphatic heterocycles. The lowest BCUT2D eigenvalue weighted by molar-refractivity contribution is 0.0533. The van der Waals surface area contributed by atoms with Crippen molar-refractivity contribution >= 4 is 11.6 Å². The molecule has 0 amide bonds. The van der Waals surface area contributed by atoms with Gasteiger partial charge in [-0.15, -0.1) is 0 Å². The summed E-state index contributed by atoms with van der Waals surface area (Å²) >= 11 is 6.09. The molecule has 0 spiro atoms. The summed E-state index contributed by atoms with van der Waals surface area (Å²) in [6, 6.07) is 0. The first kappa shape index (κ1) is 13.4. The standard InChI is InChI=1S/C12H19ClN2O/c1-5-9-8(4)11(13)15-12(14-9)10(6-2)16-7-3/h10H,5-7H2,1-4H3. The number of ether oxygens (including phenoxy) is 1. The summed E-state index contributed by atoms with van der Waals surface area (Å²) in [7, 11) is 0. The fraction of sp³-hybridized carbons (Fsp3) is 0.667. The molecule has 0 aliphatic carbocycles. The second-order valence-electron chi connectivity index (χ2n) is 3.65. The molecule has 1 atom stereocenters. The van der Waals surface area contributed by atoms with Crippen molar-refractivity contribution in [3.8, 4) is 0 Å². The Morgan fingerprint density at radius 2 is 1.94 bits per heavy atom. The maximum absolute atomic E-state index is 6.09. The van der Waals surface area contributed by atoms with Gasteiger partial charge in [-0.2, -0.15) is 0 Å². The first-order valence-electron chi connectivity index (χ1n) is 5.78. The molecule has 0 fully saturated rings. The Kier molecular flexibility index (Phi) is 5.16. The predicted molar refractivity (Wildman–Crippen MR) is 65.8 cm³/mol. The summed E-state index contributed by atoms with van der Waals surface area (Å²) in [5.74, 6) is 0.705. The van der Waals surface area contributed by atoms with Crippen molar-refractivity contribution in [2.75, 3.05) is 6.61 Å². The zero-order chi connectivity index (χ0) is 12.1. The van der Waals surface area contributed by atoms with Crippen molar-refractivity contribution in [3.63, 3.8) is 0 Å². The van der Waals surface area contributed by atoms with Gasteiger partial charge in [0.1, 0.15) is 11.3 Å². The molecule has 0 N–H and O–H groups in total. The van der Waals surface area contributed by atoms with E-state index in [1.807, 2.05) is 13.8 Å². The SMILES string of the molecule is CCOC(CC)c1nc(Cl)c(C)c(CC)n1. The van der Waals surface area contributed by atoms with Gasteiger partial charge in [0.25, 0.3) is 0 Å². The van der Waals surface area contributed by atoms with E-state index < -0.39 is 0 Å². The van der Waals surface area contributed by atoms with Gasteiger partial charge in [0.05, 0.1) is 0 Å². The average molecular weight is 243 g/mol. The molecule has 0 radical (unpaired) electrons. The zero-order valence-corrected chi connectivity index (χ0v) is 11.1. The number of rotatable bonds is 5. The summed E-state index contributed by atoms with van der Waals surface area (Å²) in [6.45, 7) is 8.71. The van der Waals surface area contributed by atoms with Crippen LogP contribution in [0, 0.1) is 6.92 Å². The minimum absolute atomic E-state index is 0.0478. The van der Waals surface area contributed by atoms with Gasteiger partial charge in [0, 0.05) is 17.9 Å². The van der Waals surface area contributed by atoms with Crippen molar-refractivity contribution < 1.29 is 4.74 Å². The summed E-state index contributed by atoms with van der Waals surface area (Å²) in [5.41, 5.74) is 1.98. The molecule has 1 aromatic rings. The summed E-state index contributed by atoms with van der Waals surface area (Å²) in [4.78, 5) is 8.82. The lowest BCUT2D eigenvalue weighted by Crippen LogP contribution is -2.11. The molecular formula is C12H19ClN2O. The quantitative estimate of drug-likeness (QED) is 0.742. The molecule has 0 bridgehead atoms. The van der Waals surface area contributed by atoms with Gasteiger partial charge in [0.15, 0.2) is 5.82 Å². The van der Waals surface area contributed by atoms with Crippen molar-refractivity contribution in [1.82, 2.24) is 9.97 Å². The summed E-state index contributed by atoms with van der Waals surface area (Å²) in [5, 5.41) is 0.542. The van der Waals surface area contributed by atoms with Crippen LogP contribution >= 0.6 is 11.6 Å². The highest BCUT2D eigenvalue weighted by Crippen LogP contribution is 2.22. The number of aryl methyl sites for hydroxylation is 1. The van der Waals surface area contributed by atoms with E-state index in [2.05, 4.69) is 23.8 Å². The van der Waals surface area contributed by atoms with Crippen LogP contribution in [0.5, 0.6) is 0 Å². The fourth-order valence-corrected chi connectivity index (χ4v) is 1.81. The number of hydrogen-bond donors (Lipinski definition) is 0. The molecule has 1 heterocycles. The molecular weight excluding hydrogens is 224 g/mol. The summed E-state index contributed by atoms with van der Waals surface area (Å²) < 4.78 is 5.59. The van der Waals surface area contributed by atoms with Gasteiger partial charge in [-0.1, -0.05) is 25.4 Å². The molecule has 4 heteroatoms. The smallest absolute Gasteiger partial charge is 0.159 e. The molecule has 90 valence electrons. The van der Waals surface area contributed by atoms with Gasteiger partial charge >= 0.3 is 0 Å². The van der Waals surface area contributed by atoms with Crippen LogP contribution in [0.4, 0.5) is 0 Å². The van der Waals surface area contributed by atoms with E-state index in [1.165, 1.54) is 0 Å².